The zero-order valence-electron chi connectivity index (χ0n) is 10.5. The Balaban J connectivity index is 2.30. The number of nitrogens with two attached hydrogens (primary N) is 1. The lowest BCUT2D eigenvalue weighted by atomic mass is 10.3. The van der Waals surface area contributed by atoms with Gasteiger partial charge in [0, 0.05) is 22.4 Å². The average Bonchev–Trinajstić information content (AvgIpc) is 2.82. The number of hydrogen-bond acceptors (Lipinski definition) is 4. The van der Waals surface area contributed by atoms with Crippen LogP contribution in [0.1, 0.15) is 23.8 Å². The van der Waals surface area contributed by atoms with Crippen LogP contribution >= 0.6 is 11.3 Å². The van der Waals surface area contributed by atoms with Crippen molar-refractivity contribution < 1.29 is 9.53 Å². The highest BCUT2D eigenvalue weighted by molar-refractivity contribution is 7.10. The predicted molar refractivity (Wildman–Crippen MR) is 73.2 cm³/mol. The third-order valence-electron chi connectivity index (χ3n) is 2.03. The van der Waals surface area contributed by atoms with E-state index >= 15 is 0 Å². The summed E-state index contributed by atoms with van der Waals surface area (Å²) in [7, 11) is 0. The molecule has 1 rings (SSSR count). The summed E-state index contributed by atoms with van der Waals surface area (Å²) in [5, 5.41) is 4.76. The normalized spacial score (nSPS) is 9.67. The molecule has 1 heterocycles. The second-order valence-corrected chi connectivity index (χ2v) is 4.63. The van der Waals surface area contributed by atoms with Crippen LogP contribution in [0.3, 0.4) is 0 Å². The molecule has 0 saturated carbocycles. The molecule has 0 radical (unpaired) electrons. The molecule has 0 aliphatic heterocycles. The van der Waals surface area contributed by atoms with Crippen molar-refractivity contribution in [3.63, 3.8) is 0 Å². The van der Waals surface area contributed by atoms with Crippen molar-refractivity contribution in [3.05, 3.63) is 21.9 Å². The first-order chi connectivity index (χ1) is 8.76. The first kappa shape index (κ1) is 14.7. The molecule has 0 aliphatic carbocycles. The third-order valence-corrected chi connectivity index (χ3v) is 2.97. The number of ether oxygens (including phenoxy) is 1. The van der Waals surface area contributed by atoms with Crippen LogP contribution in [0.4, 0.5) is 0 Å². The lowest BCUT2D eigenvalue weighted by Gasteiger charge is -2.03. The van der Waals surface area contributed by atoms with Crippen molar-refractivity contribution in [1.82, 2.24) is 5.32 Å². The molecule has 1 aromatic rings. The Kier molecular flexibility index (Phi) is 7.11. The van der Waals surface area contributed by atoms with Crippen LogP contribution in [0.5, 0.6) is 0 Å². The number of carbonyl (C=O) groups excluding carboxylic acids is 1. The maximum Gasteiger partial charge on any atom is 0.246 e. The Morgan fingerprint density at radius 1 is 1.61 bits per heavy atom. The standard InChI is InChI=1S/C13H18N2O2S/c1-2-6-17-9-13(16)15-8-12-7-11(10-18-12)4-3-5-14/h7,10H,2,5-6,8-9,14H2,1H3,(H,15,16). The molecule has 0 unspecified atom stereocenters. The second-order valence-electron chi connectivity index (χ2n) is 3.64. The van der Waals surface area contributed by atoms with Crippen LogP contribution in [0, 0.1) is 11.8 Å². The van der Waals surface area contributed by atoms with Crippen LogP contribution in [-0.2, 0) is 16.1 Å². The van der Waals surface area contributed by atoms with Gasteiger partial charge in [0.05, 0.1) is 13.1 Å². The average molecular weight is 266 g/mol. The highest BCUT2D eigenvalue weighted by Gasteiger charge is 2.02. The van der Waals surface area contributed by atoms with Gasteiger partial charge in [-0.15, -0.1) is 11.3 Å². The van der Waals surface area contributed by atoms with Gasteiger partial charge in [0.2, 0.25) is 5.91 Å². The van der Waals surface area contributed by atoms with Crippen molar-refractivity contribution in [2.75, 3.05) is 19.8 Å². The summed E-state index contributed by atoms with van der Waals surface area (Å²) in [6, 6.07) is 1.96. The highest BCUT2D eigenvalue weighted by atomic mass is 32.1. The number of hydrogen-bond donors (Lipinski definition) is 2. The van der Waals surface area contributed by atoms with E-state index in [0.29, 0.717) is 19.7 Å². The monoisotopic (exact) mass is 266 g/mol. The summed E-state index contributed by atoms with van der Waals surface area (Å²) in [5.41, 5.74) is 6.24. The molecule has 1 aromatic heterocycles. The molecule has 0 aromatic carbocycles. The minimum atomic E-state index is -0.0913. The fourth-order valence-electron chi connectivity index (χ4n) is 1.24. The topological polar surface area (TPSA) is 64.3 Å². The van der Waals surface area contributed by atoms with E-state index in [0.717, 1.165) is 16.9 Å². The second kappa shape index (κ2) is 8.70. The van der Waals surface area contributed by atoms with Crippen LogP contribution < -0.4 is 11.1 Å². The molecule has 18 heavy (non-hydrogen) atoms. The fourth-order valence-corrected chi connectivity index (χ4v) is 1.99. The van der Waals surface area contributed by atoms with Gasteiger partial charge in [0.1, 0.15) is 6.61 Å². The maximum absolute atomic E-state index is 11.4. The van der Waals surface area contributed by atoms with Crippen LogP contribution in [0.25, 0.3) is 0 Å². The summed E-state index contributed by atoms with van der Waals surface area (Å²) in [5.74, 6) is 5.66. The van der Waals surface area contributed by atoms with E-state index in [9.17, 15) is 4.79 Å². The van der Waals surface area contributed by atoms with Gasteiger partial charge in [0.25, 0.3) is 0 Å². The van der Waals surface area contributed by atoms with Crippen molar-refractivity contribution in [2.45, 2.75) is 19.9 Å². The zero-order valence-corrected chi connectivity index (χ0v) is 11.3. The van der Waals surface area contributed by atoms with Gasteiger partial charge in [-0.1, -0.05) is 18.8 Å². The van der Waals surface area contributed by atoms with Gasteiger partial charge in [-0.3, -0.25) is 4.79 Å². The first-order valence-electron chi connectivity index (χ1n) is 5.87. The molecule has 0 fully saturated rings. The summed E-state index contributed by atoms with van der Waals surface area (Å²) in [6.45, 7) is 3.62. The lowest BCUT2D eigenvalue weighted by Crippen LogP contribution is -2.26. The molecule has 0 aliphatic rings. The van der Waals surface area contributed by atoms with Gasteiger partial charge in [-0.25, -0.2) is 0 Å². The quantitative estimate of drug-likeness (QED) is 0.598. The van der Waals surface area contributed by atoms with Crippen LogP contribution in [0.15, 0.2) is 11.4 Å². The molecule has 0 bridgehead atoms. The number of carbonyl (C=O) groups is 1. The Hall–Kier alpha value is -1.35. The summed E-state index contributed by atoms with van der Waals surface area (Å²) < 4.78 is 5.15. The number of amides is 1. The van der Waals surface area contributed by atoms with Gasteiger partial charge >= 0.3 is 0 Å². The summed E-state index contributed by atoms with van der Waals surface area (Å²) in [6.07, 6.45) is 0.918. The molecule has 0 spiro atoms. The number of rotatable bonds is 6. The minimum absolute atomic E-state index is 0.0913. The summed E-state index contributed by atoms with van der Waals surface area (Å²) >= 11 is 1.57. The Bertz CT molecular complexity index is 432. The molecule has 98 valence electrons. The zero-order chi connectivity index (χ0) is 13.2. The van der Waals surface area contributed by atoms with Crippen molar-refractivity contribution in [1.29, 1.82) is 0 Å². The minimum Gasteiger partial charge on any atom is -0.372 e. The van der Waals surface area contributed by atoms with E-state index in [4.69, 9.17) is 10.5 Å². The maximum atomic E-state index is 11.4. The van der Waals surface area contributed by atoms with Crippen molar-refractivity contribution in [2.24, 2.45) is 5.73 Å². The summed E-state index contributed by atoms with van der Waals surface area (Å²) in [4.78, 5) is 12.5. The Labute approximate surface area is 112 Å². The van der Waals surface area contributed by atoms with E-state index in [1.165, 1.54) is 0 Å². The number of thiophene rings is 1. The molecule has 4 nitrogen and oxygen atoms in total. The van der Waals surface area contributed by atoms with E-state index < -0.39 is 0 Å². The van der Waals surface area contributed by atoms with E-state index in [1.54, 1.807) is 11.3 Å². The molecule has 0 saturated heterocycles. The largest absolute Gasteiger partial charge is 0.372 e. The van der Waals surface area contributed by atoms with Crippen LogP contribution in [-0.4, -0.2) is 25.7 Å². The Morgan fingerprint density at radius 2 is 2.44 bits per heavy atom. The first-order valence-corrected chi connectivity index (χ1v) is 6.75. The van der Waals surface area contributed by atoms with Gasteiger partial charge in [-0.2, -0.15) is 0 Å². The van der Waals surface area contributed by atoms with Gasteiger partial charge in [-0.05, 0) is 12.5 Å². The molecule has 0 atom stereocenters. The third kappa shape index (κ3) is 5.82. The molecular weight excluding hydrogens is 248 g/mol. The number of nitrogens with one attached hydrogen (secondary N) is 1. The van der Waals surface area contributed by atoms with E-state index in [1.807, 2.05) is 18.4 Å². The highest BCUT2D eigenvalue weighted by Crippen LogP contribution is 2.13. The molecule has 3 N–H and O–H groups in total. The van der Waals surface area contributed by atoms with Crippen LogP contribution in [0.2, 0.25) is 0 Å². The van der Waals surface area contributed by atoms with Crippen molar-refractivity contribution in [3.8, 4) is 11.8 Å². The fraction of sp³-hybridized carbons (Fsp3) is 0.462. The van der Waals surface area contributed by atoms with Gasteiger partial charge < -0.3 is 15.8 Å². The molecular formula is C13H18N2O2S. The van der Waals surface area contributed by atoms with Gasteiger partial charge in [0.15, 0.2) is 0 Å². The van der Waals surface area contributed by atoms with Crippen molar-refractivity contribution >= 4 is 17.2 Å². The Morgan fingerprint density at radius 3 is 3.17 bits per heavy atom. The van der Waals surface area contributed by atoms with E-state index in [-0.39, 0.29) is 12.5 Å². The predicted octanol–water partition coefficient (Wildman–Crippen LogP) is 1.10. The smallest absolute Gasteiger partial charge is 0.246 e. The SMILES string of the molecule is CCCOCC(=O)NCc1cc(C#CCN)cs1. The lowest BCUT2D eigenvalue weighted by molar-refractivity contribution is -0.125. The van der Waals surface area contributed by atoms with E-state index in [2.05, 4.69) is 17.2 Å². The molecule has 1 amide bonds. The molecule has 5 heteroatoms.